The monoisotopic (exact) mass is 333 g/mol. The Morgan fingerprint density at radius 1 is 1.44 bits per heavy atom. The molecule has 0 aliphatic carbocycles. The molecule has 0 aliphatic rings. The van der Waals surface area contributed by atoms with Crippen molar-refractivity contribution in [3.63, 3.8) is 0 Å². The molecule has 0 fully saturated rings. The minimum atomic E-state index is -1.02. The fourth-order valence-electron chi connectivity index (χ4n) is 0.981. The van der Waals surface area contributed by atoms with E-state index in [1.807, 2.05) is 28.0 Å². The maximum Gasteiger partial charge on any atom is 0.335 e. The van der Waals surface area contributed by atoms with Crippen molar-refractivity contribution >= 4 is 40.8 Å². The second-order valence-corrected chi connectivity index (χ2v) is 4.06. The summed E-state index contributed by atoms with van der Waals surface area (Å²) in [6.07, 6.45) is 1.32. The molecule has 0 radical (unpaired) electrons. The van der Waals surface area contributed by atoms with Crippen LogP contribution in [0.4, 0.5) is 4.79 Å². The van der Waals surface area contributed by atoms with E-state index in [0.717, 1.165) is 3.57 Å². The molecule has 0 bridgehead atoms. The summed E-state index contributed by atoms with van der Waals surface area (Å²) in [5.74, 6) is -1.02. The number of carbonyl (C=O) groups excluding carboxylic acids is 1. The number of carboxylic acids is 1. The fraction of sp³-hybridized carbons (Fsp3) is 0. The third-order valence-corrected chi connectivity index (χ3v) is 2.18. The van der Waals surface area contributed by atoms with Crippen molar-refractivity contribution in [3.8, 4) is 0 Å². The van der Waals surface area contributed by atoms with E-state index in [-0.39, 0.29) is 5.56 Å². The van der Waals surface area contributed by atoms with Crippen LogP contribution in [0.5, 0.6) is 0 Å². The van der Waals surface area contributed by atoms with Crippen molar-refractivity contribution < 1.29 is 14.7 Å². The van der Waals surface area contributed by atoms with Gasteiger partial charge < -0.3 is 10.8 Å². The minimum Gasteiger partial charge on any atom is -0.478 e. The first kappa shape index (κ1) is 12.4. The highest BCUT2D eigenvalue weighted by Gasteiger charge is 2.04. The van der Waals surface area contributed by atoms with Gasteiger partial charge in [0.25, 0.3) is 0 Å². The second kappa shape index (κ2) is 5.45. The molecular weight excluding hydrogens is 325 g/mol. The molecular formula is C9H8IN3O3. The first-order valence-electron chi connectivity index (χ1n) is 4.11. The molecule has 0 atom stereocenters. The number of hydrogen-bond donors (Lipinski definition) is 3. The predicted molar refractivity (Wildman–Crippen MR) is 66.4 cm³/mol. The van der Waals surface area contributed by atoms with E-state index in [9.17, 15) is 9.59 Å². The lowest BCUT2D eigenvalue weighted by molar-refractivity contribution is 0.0696. The van der Waals surface area contributed by atoms with Crippen molar-refractivity contribution in [2.75, 3.05) is 0 Å². The lowest BCUT2D eigenvalue weighted by Crippen LogP contribution is -2.24. The maximum atomic E-state index is 10.7. The lowest BCUT2D eigenvalue weighted by Gasteiger charge is -1.99. The first-order chi connectivity index (χ1) is 7.49. The molecule has 0 saturated carbocycles. The summed E-state index contributed by atoms with van der Waals surface area (Å²) in [6, 6.07) is 3.91. The average molecular weight is 333 g/mol. The summed E-state index contributed by atoms with van der Waals surface area (Å²) in [5, 5.41) is 12.3. The molecule has 0 aromatic heterocycles. The van der Waals surface area contributed by atoms with Gasteiger partial charge >= 0.3 is 12.0 Å². The van der Waals surface area contributed by atoms with Crippen molar-refractivity contribution in [1.29, 1.82) is 0 Å². The molecule has 16 heavy (non-hydrogen) atoms. The number of nitrogens with two attached hydrogens (primary N) is 1. The number of hydrazone groups is 1. The van der Waals surface area contributed by atoms with Crippen LogP contribution in [0.2, 0.25) is 0 Å². The average Bonchev–Trinajstić information content (AvgIpc) is 2.16. The Morgan fingerprint density at radius 3 is 2.69 bits per heavy atom. The van der Waals surface area contributed by atoms with Gasteiger partial charge in [-0.15, -0.1) is 0 Å². The zero-order valence-corrected chi connectivity index (χ0v) is 10.1. The van der Waals surface area contributed by atoms with Gasteiger partial charge in [-0.3, -0.25) is 0 Å². The minimum absolute atomic E-state index is 0.160. The molecule has 0 unspecified atom stereocenters. The van der Waals surface area contributed by atoms with Crippen LogP contribution in [-0.4, -0.2) is 23.3 Å². The summed E-state index contributed by atoms with van der Waals surface area (Å²) in [7, 11) is 0. The van der Waals surface area contributed by atoms with E-state index in [2.05, 4.69) is 5.10 Å². The molecule has 1 aromatic rings. The summed E-state index contributed by atoms with van der Waals surface area (Å²) in [5.41, 5.74) is 7.55. The molecule has 0 aliphatic heterocycles. The highest BCUT2D eigenvalue weighted by molar-refractivity contribution is 14.1. The molecule has 7 heteroatoms. The number of amides is 2. The van der Waals surface area contributed by atoms with Crippen molar-refractivity contribution in [2.45, 2.75) is 0 Å². The van der Waals surface area contributed by atoms with Gasteiger partial charge in [0.05, 0.1) is 11.8 Å². The van der Waals surface area contributed by atoms with Crippen LogP contribution >= 0.6 is 22.6 Å². The largest absolute Gasteiger partial charge is 0.478 e. The van der Waals surface area contributed by atoms with Crippen LogP contribution in [0.25, 0.3) is 0 Å². The van der Waals surface area contributed by atoms with Crippen LogP contribution in [-0.2, 0) is 0 Å². The number of carbonyl (C=O) groups is 2. The predicted octanol–water partition coefficient (Wildman–Crippen LogP) is 0.992. The number of hydrogen-bond acceptors (Lipinski definition) is 3. The van der Waals surface area contributed by atoms with Gasteiger partial charge in [-0.25, -0.2) is 15.0 Å². The van der Waals surface area contributed by atoms with E-state index in [4.69, 9.17) is 10.8 Å². The van der Waals surface area contributed by atoms with Crippen molar-refractivity contribution in [2.24, 2.45) is 10.8 Å². The number of carboxylic acid groups (broad SMARTS) is 1. The van der Waals surface area contributed by atoms with Crippen LogP contribution in [0.3, 0.4) is 0 Å². The Hall–Kier alpha value is -1.64. The van der Waals surface area contributed by atoms with Crippen LogP contribution in [0.15, 0.2) is 23.3 Å². The summed E-state index contributed by atoms with van der Waals surface area (Å²) >= 11 is 1.99. The van der Waals surface area contributed by atoms with Gasteiger partial charge in [0.15, 0.2) is 0 Å². The van der Waals surface area contributed by atoms with Gasteiger partial charge in [-0.2, -0.15) is 5.10 Å². The number of urea groups is 1. The number of aromatic carboxylic acids is 1. The Kier molecular flexibility index (Phi) is 4.23. The number of nitrogens with zero attached hydrogens (tertiary/aromatic N) is 1. The number of rotatable bonds is 3. The molecule has 0 heterocycles. The van der Waals surface area contributed by atoms with Crippen LogP contribution in [0, 0.1) is 3.57 Å². The standard InChI is InChI=1S/C9H8IN3O3/c10-7-2-5(4-12-13-9(11)16)1-6(3-7)8(14)15/h1-4H,(H,14,15)(H3,11,13,16). The zero-order chi connectivity index (χ0) is 12.1. The Balaban J connectivity index is 2.92. The van der Waals surface area contributed by atoms with Gasteiger partial charge in [-0.1, -0.05) is 0 Å². The molecule has 1 aromatic carbocycles. The third-order valence-electron chi connectivity index (χ3n) is 1.56. The van der Waals surface area contributed by atoms with Crippen molar-refractivity contribution in [1.82, 2.24) is 5.43 Å². The fourth-order valence-corrected chi connectivity index (χ4v) is 1.68. The number of nitrogens with one attached hydrogen (secondary N) is 1. The molecule has 0 saturated heterocycles. The number of primary amides is 1. The molecule has 1 rings (SSSR count). The second-order valence-electron chi connectivity index (χ2n) is 2.81. The topological polar surface area (TPSA) is 105 Å². The quantitative estimate of drug-likeness (QED) is 0.436. The molecule has 0 spiro atoms. The normalized spacial score (nSPS) is 10.3. The zero-order valence-electron chi connectivity index (χ0n) is 7.98. The first-order valence-corrected chi connectivity index (χ1v) is 5.19. The van der Waals surface area contributed by atoms with E-state index in [1.54, 1.807) is 6.07 Å². The summed E-state index contributed by atoms with van der Waals surface area (Å²) in [4.78, 5) is 21.1. The van der Waals surface area contributed by atoms with Gasteiger partial charge in [0.1, 0.15) is 0 Å². The number of benzene rings is 1. The van der Waals surface area contributed by atoms with E-state index >= 15 is 0 Å². The van der Waals surface area contributed by atoms with E-state index in [0.29, 0.717) is 5.56 Å². The number of halogens is 1. The molecule has 6 nitrogen and oxygen atoms in total. The molecule has 4 N–H and O–H groups in total. The lowest BCUT2D eigenvalue weighted by atomic mass is 10.1. The van der Waals surface area contributed by atoms with E-state index < -0.39 is 12.0 Å². The Labute approximate surface area is 105 Å². The molecule has 84 valence electrons. The highest BCUT2D eigenvalue weighted by Crippen LogP contribution is 2.11. The highest BCUT2D eigenvalue weighted by atomic mass is 127. The Morgan fingerprint density at radius 2 is 2.12 bits per heavy atom. The Bertz CT molecular complexity index is 459. The van der Waals surface area contributed by atoms with Crippen LogP contribution < -0.4 is 11.2 Å². The summed E-state index contributed by atoms with van der Waals surface area (Å²) in [6.45, 7) is 0. The molecule has 2 amide bonds. The van der Waals surface area contributed by atoms with Crippen molar-refractivity contribution in [3.05, 3.63) is 32.9 Å². The SMILES string of the molecule is NC(=O)NN=Cc1cc(I)cc(C(=O)O)c1. The third kappa shape index (κ3) is 3.85. The van der Waals surface area contributed by atoms with E-state index in [1.165, 1.54) is 18.3 Å². The van der Waals surface area contributed by atoms with Gasteiger partial charge in [0, 0.05) is 3.57 Å². The van der Waals surface area contributed by atoms with Gasteiger partial charge in [-0.05, 0) is 46.4 Å². The summed E-state index contributed by atoms with van der Waals surface area (Å²) < 4.78 is 0.762. The maximum absolute atomic E-state index is 10.7. The van der Waals surface area contributed by atoms with Crippen LogP contribution in [0.1, 0.15) is 15.9 Å². The smallest absolute Gasteiger partial charge is 0.335 e. The van der Waals surface area contributed by atoms with Gasteiger partial charge in [0.2, 0.25) is 0 Å².